The molecule has 0 aliphatic carbocycles. The standard InChI is InChI=1S/C13H9BrFNO2/c14-8-3-1-4-9(7-8)18-11-6-2-5-10(15)12(11)13(16)17/h1-7H,(H2,16,17). The lowest BCUT2D eigenvalue weighted by molar-refractivity contribution is 0.0994. The Hall–Kier alpha value is -1.88. The molecule has 0 saturated heterocycles. The summed E-state index contributed by atoms with van der Waals surface area (Å²) in [6.45, 7) is 0. The fourth-order valence-electron chi connectivity index (χ4n) is 1.49. The van der Waals surface area contributed by atoms with Gasteiger partial charge in [-0.1, -0.05) is 28.1 Å². The molecule has 3 nitrogen and oxygen atoms in total. The van der Waals surface area contributed by atoms with Crippen molar-refractivity contribution in [3.63, 3.8) is 0 Å². The topological polar surface area (TPSA) is 52.3 Å². The van der Waals surface area contributed by atoms with Gasteiger partial charge in [0.1, 0.15) is 22.9 Å². The molecule has 92 valence electrons. The smallest absolute Gasteiger partial charge is 0.255 e. The number of nitrogens with two attached hydrogens (primary N) is 1. The van der Waals surface area contributed by atoms with E-state index in [0.717, 1.165) is 10.5 Å². The summed E-state index contributed by atoms with van der Waals surface area (Å²) in [4.78, 5) is 11.2. The van der Waals surface area contributed by atoms with Crippen molar-refractivity contribution in [2.45, 2.75) is 0 Å². The largest absolute Gasteiger partial charge is 0.456 e. The first-order valence-corrected chi connectivity index (χ1v) is 5.89. The van der Waals surface area contributed by atoms with Crippen LogP contribution in [0.4, 0.5) is 4.39 Å². The maximum atomic E-state index is 13.5. The van der Waals surface area contributed by atoms with Gasteiger partial charge in [0.2, 0.25) is 0 Å². The zero-order chi connectivity index (χ0) is 13.1. The van der Waals surface area contributed by atoms with E-state index in [9.17, 15) is 9.18 Å². The van der Waals surface area contributed by atoms with E-state index in [4.69, 9.17) is 10.5 Å². The summed E-state index contributed by atoms with van der Waals surface area (Å²) in [5.74, 6) is -0.980. The zero-order valence-corrected chi connectivity index (χ0v) is 10.8. The number of amides is 1. The van der Waals surface area contributed by atoms with Gasteiger partial charge in [0.15, 0.2) is 0 Å². The Balaban J connectivity index is 2.40. The molecule has 0 spiro atoms. The van der Waals surface area contributed by atoms with Crippen LogP contribution in [0.25, 0.3) is 0 Å². The number of rotatable bonds is 3. The second kappa shape index (κ2) is 5.18. The number of carbonyl (C=O) groups excluding carboxylic acids is 1. The van der Waals surface area contributed by atoms with Crippen molar-refractivity contribution in [2.75, 3.05) is 0 Å². The van der Waals surface area contributed by atoms with Gasteiger partial charge in [-0.3, -0.25) is 4.79 Å². The maximum absolute atomic E-state index is 13.5. The lowest BCUT2D eigenvalue weighted by atomic mass is 10.2. The Morgan fingerprint density at radius 1 is 1.22 bits per heavy atom. The van der Waals surface area contributed by atoms with Crippen molar-refractivity contribution in [3.05, 3.63) is 58.3 Å². The second-order valence-corrected chi connectivity index (χ2v) is 4.45. The summed E-state index contributed by atoms with van der Waals surface area (Å²) in [7, 11) is 0. The lowest BCUT2D eigenvalue weighted by Crippen LogP contribution is -2.14. The molecule has 2 aromatic rings. The Morgan fingerprint density at radius 2 is 1.94 bits per heavy atom. The third-order valence-electron chi connectivity index (χ3n) is 2.25. The Bertz CT molecular complexity index is 601. The number of hydrogen-bond acceptors (Lipinski definition) is 2. The van der Waals surface area contributed by atoms with Crippen molar-refractivity contribution in [3.8, 4) is 11.5 Å². The van der Waals surface area contributed by atoms with Crippen LogP contribution in [0, 0.1) is 5.82 Å². The van der Waals surface area contributed by atoms with E-state index in [-0.39, 0.29) is 11.3 Å². The van der Waals surface area contributed by atoms with Crippen LogP contribution in [0.3, 0.4) is 0 Å². The summed E-state index contributed by atoms with van der Waals surface area (Å²) >= 11 is 3.29. The molecule has 5 heteroatoms. The number of benzene rings is 2. The molecule has 0 saturated carbocycles. The number of halogens is 2. The van der Waals surface area contributed by atoms with Crippen LogP contribution in [-0.2, 0) is 0 Å². The number of carbonyl (C=O) groups is 1. The predicted octanol–water partition coefficient (Wildman–Crippen LogP) is 3.48. The van der Waals surface area contributed by atoms with E-state index in [0.29, 0.717) is 5.75 Å². The third kappa shape index (κ3) is 2.68. The molecule has 0 radical (unpaired) electrons. The number of hydrogen-bond donors (Lipinski definition) is 1. The molecule has 0 aromatic heterocycles. The summed E-state index contributed by atoms with van der Waals surface area (Å²) < 4.78 is 19.8. The molecule has 2 rings (SSSR count). The van der Waals surface area contributed by atoms with Crippen molar-refractivity contribution in [1.29, 1.82) is 0 Å². The molecule has 2 aromatic carbocycles. The van der Waals surface area contributed by atoms with Crippen LogP contribution in [0.1, 0.15) is 10.4 Å². The molecule has 2 N–H and O–H groups in total. The predicted molar refractivity (Wildman–Crippen MR) is 69.1 cm³/mol. The monoisotopic (exact) mass is 309 g/mol. The molecule has 0 heterocycles. The van der Waals surface area contributed by atoms with Crippen molar-refractivity contribution in [2.24, 2.45) is 5.73 Å². The SMILES string of the molecule is NC(=O)c1c(F)cccc1Oc1cccc(Br)c1. The minimum absolute atomic E-state index is 0.0978. The molecule has 18 heavy (non-hydrogen) atoms. The second-order valence-electron chi connectivity index (χ2n) is 3.54. The van der Waals surface area contributed by atoms with Gasteiger partial charge in [-0.2, -0.15) is 0 Å². The molecular weight excluding hydrogens is 301 g/mol. The van der Waals surface area contributed by atoms with Crippen LogP contribution in [0.5, 0.6) is 11.5 Å². The molecule has 1 amide bonds. The minimum Gasteiger partial charge on any atom is -0.456 e. The van der Waals surface area contributed by atoms with Gasteiger partial charge in [-0.15, -0.1) is 0 Å². The quantitative estimate of drug-likeness (QED) is 0.943. The average molecular weight is 310 g/mol. The summed E-state index contributed by atoms with van der Waals surface area (Å²) in [5, 5.41) is 0. The Labute approximate surface area is 112 Å². The molecule has 0 aliphatic heterocycles. The van der Waals surface area contributed by atoms with Gasteiger partial charge in [-0.25, -0.2) is 4.39 Å². The first-order valence-electron chi connectivity index (χ1n) is 5.09. The number of primary amides is 1. The summed E-state index contributed by atoms with van der Waals surface area (Å²) in [6, 6.07) is 11.1. The molecule has 0 bridgehead atoms. The Morgan fingerprint density at radius 3 is 2.61 bits per heavy atom. The molecule has 0 fully saturated rings. The van der Waals surface area contributed by atoms with Crippen molar-refractivity contribution >= 4 is 21.8 Å². The molecular formula is C13H9BrFNO2. The first kappa shape index (κ1) is 12.6. The zero-order valence-electron chi connectivity index (χ0n) is 9.19. The van der Waals surface area contributed by atoms with E-state index in [1.165, 1.54) is 12.1 Å². The normalized spacial score (nSPS) is 10.1. The number of ether oxygens (including phenoxy) is 1. The van der Waals surface area contributed by atoms with Crippen LogP contribution in [0.2, 0.25) is 0 Å². The fraction of sp³-hybridized carbons (Fsp3) is 0. The molecule has 0 unspecified atom stereocenters. The average Bonchev–Trinajstić information content (AvgIpc) is 2.28. The highest BCUT2D eigenvalue weighted by molar-refractivity contribution is 9.10. The summed E-state index contributed by atoms with van der Waals surface area (Å²) in [6.07, 6.45) is 0. The Kier molecular flexibility index (Phi) is 3.62. The molecule has 0 atom stereocenters. The van der Waals surface area contributed by atoms with E-state index in [1.807, 2.05) is 6.07 Å². The van der Waals surface area contributed by atoms with Crippen LogP contribution in [0.15, 0.2) is 46.9 Å². The van der Waals surface area contributed by atoms with Gasteiger partial charge in [-0.05, 0) is 30.3 Å². The highest BCUT2D eigenvalue weighted by atomic mass is 79.9. The minimum atomic E-state index is -0.863. The van der Waals surface area contributed by atoms with Crippen molar-refractivity contribution in [1.82, 2.24) is 0 Å². The molecule has 0 aliphatic rings. The van der Waals surface area contributed by atoms with E-state index < -0.39 is 11.7 Å². The lowest BCUT2D eigenvalue weighted by Gasteiger charge is -2.09. The van der Waals surface area contributed by atoms with Gasteiger partial charge in [0, 0.05) is 4.47 Å². The van der Waals surface area contributed by atoms with Gasteiger partial charge >= 0.3 is 0 Å². The highest BCUT2D eigenvalue weighted by Gasteiger charge is 2.15. The van der Waals surface area contributed by atoms with E-state index >= 15 is 0 Å². The summed E-state index contributed by atoms with van der Waals surface area (Å²) in [5.41, 5.74) is 4.88. The van der Waals surface area contributed by atoms with Gasteiger partial charge in [0.05, 0.1) is 0 Å². The van der Waals surface area contributed by atoms with Crippen LogP contribution in [-0.4, -0.2) is 5.91 Å². The fourth-order valence-corrected chi connectivity index (χ4v) is 1.86. The van der Waals surface area contributed by atoms with Crippen molar-refractivity contribution < 1.29 is 13.9 Å². The highest BCUT2D eigenvalue weighted by Crippen LogP contribution is 2.28. The van der Waals surface area contributed by atoms with E-state index in [2.05, 4.69) is 15.9 Å². The first-order chi connectivity index (χ1) is 8.58. The van der Waals surface area contributed by atoms with Crippen LogP contribution < -0.4 is 10.5 Å². The van der Waals surface area contributed by atoms with Gasteiger partial charge in [0.25, 0.3) is 5.91 Å². The van der Waals surface area contributed by atoms with Crippen LogP contribution >= 0.6 is 15.9 Å². The van der Waals surface area contributed by atoms with Gasteiger partial charge < -0.3 is 10.5 Å². The van der Waals surface area contributed by atoms with E-state index in [1.54, 1.807) is 18.2 Å². The third-order valence-corrected chi connectivity index (χ3v) is 2.74. The maximum Gasteiger partial charge on any atom is 0.255 e.